The molecule has 1 aliphatic heterocycles. The summed E-state index contributed by atoms with van der Waals surface area (Å²) in [5, 5.41) is 8.85. The molecular formula is C25H28N6. The second kappa shape index (κ2) is 8.47. The summed E-state index contributed by atoms with van der Waals surface area (Å²) >= 11 is 0. The summed E-state index contributed by atoms with van der Waals surface area (Å²) in [4.78, 5) is 11.8. The van der Waals surface area contributed by atoms with E-state index in [2.05, 4.69) is 63.8 Å². The average Bonchev–Trinajstić information content (AvgIpc) is 3.21. The van der Waals surface area contributed by atoms with E-state index in [0.29, 0.717) is 5.95 Å². The topological polar surface area (TPSA) is 58.9 Å². The maximum Gasteiger partial charge on any atom is 0.227 e. The highest BCUT2D eigenvalue weighted by Crippen LogP contribution is 2.27. The molecule has 1 aliphatic rings. The first-order valence-electron chi connectivity index (χ1n) is 11.0. The predicted octanol–water partition coefficient (Wildman–Crippen LogP) is 5.07. The van der Waals surface area contributed by atoms with Crippen LogP contribution in [-0.4, -0.2) is 37.7 Å². The van der Waals surface area contributed by atoms with Crippen LogP contribution < -0.4 is 5.32 Å². The van der Waals surface area contributed by atoms with Crippen LogP contribution in [0.1, 0.15) is 30.4 Å². The number of anilines is 2. The van der Waals surface area contributed by atoms with E-state index in [1.54, 1.807) is 0 Å². The van der Waals surface area contributed by atoms with Crippen molar-refractivity contribution in [2.75, 3.05) is 18.4 Å². The highest BCUT2D eigenvalue weighted by molar-refractivity contribution is 5.80. The molecule has 3 heterocycles. The van der Waals surface area contributed by atoms with Gasteiger partial charge in [-0.3, -0.25) is 9.58 Å². The Bertz CT molecular complexity index is 1210. The molecule has 0 unspecified atom stereocenters. The van der Waals surface area contributed by atoms with Crippen LogP contribution in [0.5, 0.6) is 0 Å². The van der Waals surface area contributed by atoms with Gasteiger partial charge in [0.05, 0.1) is 11.7 Å². The number of aromatic nitrogens is 4. The quantitative estimate of drug-likeness (QED) is 0.496. The lowest BCUT2D eigenvalue weighted by atomic mass is 10.0. The Labute approximate surface area is 182 Å². The van der Waals surface area contributed by atoms with Crippen LogP contribution in [0.2, 0.25) is 0 Å². The summed E-state index contributed by atoms with van der Waals surface area (Å²) in [5.41, 5.74) is 6.72. The van der Waals surface area contributed by atoms with Crippen molar-refractivity contribution in [3.05, 3.63) is 66.1 Å². The van der Waals surface area contributed by atoms with Crippen molar-refractivity contribution >= 4 is 22.5 Å². The lowest BCUT2D eigenvalue weighted by Crippen LogP contribution is -2.29. The minimum Gasteiger partial charge on any atom is -0.324 e. The Morgan fingerprint density at radius 2 is 1.84 bits per heavy atom. The Balaban J connectivity index is 1.47. The first kappa shape index (κ1) is 19.7. The van der Waals surface area contributed by atoms with E-state index in [4.69, 9.17) is 4.98 Å². The number of hydrogen-bond acceptors (Lipinski definition) is 5. The molecule has 31 heavy (non-hydrogen) atoms. The summed E-state index contributed by atoms with van der Waals surface area (Å²) < 4.78 is 1.84. The maximum atomic E-state index is 4.71. The number of rotatable bonds is 5. The Kier molecular flexibility index (Phi) is 5.38. The van der Waals surface area contributed by atoms with Crippen LogP contribution >= 0.6 is 0 Å². The van der Waals surface area contributed by atoms with Crippen molar-refractivity contribution in [1.29, 1.82) is 0 Å². The van der Waals surface area contributed by atoms with E-state index < -0.39 is 0 Å². The van der Waals surface area contributed by atoms with Crippen LogP contribution in [0, 0.1) is 6.92 Å². The second-order valence-corrected chi connectivity index (χ2v) is 8.54. The molecule has 0 atom stereocenters. The lowest BCUT2D eigenvalue weighted by Gasteiger charge is -2.26. The number of piperidine rings is 1. The van der Waals surface area contributed by atoms with Crippen LogP contribution in [-0.2, 0) is 13.6 Å². The molecule has 0 radical (unpaired) electrons. The third-order valence-electron chi connectivity index (χ3n) is 5.88. The summed E-state index contributed by atoms with van der Waals surface area (Å²) in [6.45, 7) is 5.39. The molecule has 0 aliphatic carbocycles. The molecule has 4 aromatic rings. The number of benzene rings is 2. The van der Waals surface area contributed by atoms with Gasteiger partial charge in [-0.05, 0) is 74.3 Å². The fourth-order valence-electron chi connectivity index (χ4n) is 4.31. The van der Waals surface area contributed by atoms with E-state index in [-0.39, 0.29) is 0 Å². The first-order valence-corrected chi connectivity index (χ1v) is 11.0. The number of likely N-dealkylation sites (tertiary alicyclic amines) is 1. The largest absolute Gasteiger partial charge is 0.324 e. The molecule has 1 fully saturated rings. The molecule has 1 saturated heterocycles. The minimum atomic E-state index is 0.614. The maximum absolute atomic E-state index is 4.71. The third kappa shape index (κ3) is 4.59. The molecule has 5 rings (SSSR count). The molecule has 6 heteroatoms. The van der Waals surface area contributed by atoms with Crippen LogP contribution in [0.25, 0.3) is 22.0 Å². The summed E-state index contributed by atoms with van der Waals surface area (Å²) in [6, 6.07) is 12.9. The van der Waals surface area contributed by atoms with Crippen molar-refractivity contribution in [3.63, 3.8) is 0 Å². The molecule has 0 bridgehead atoms. The Morgan fingerprint density at radius 1 is 0.968 bits per heavy atom. The SMILES string of the molecule is Cc1ccc2nc(Nc3cc(CN4CCCCC4)cc(-c4cnn(C)c4)c3)ncc2c1. The van der Waals surface area contributed by atoms with Gasteiger partial charge in [0.1, 0.15) is 0 Å². The van der Waals surface area contributed by atoms with E-state index in [9.17, 15) is 0 Å². The zero-order valence-corrected chi connectivity index (χ0v) is 18.2. The smallest absolute Gasteiger partial charge is 0.227 e. The highest BCUT2D eigenvalue weighted by Gasteiger charge is 2.13. The van der Waals surface area contributed by atoms with Gasteiger partial charge in [-0.2, -0.15) is 5.10 Å². The number of hydrogen-bond donors (Lipinski definition) is 1. The summed E-state index contributed by atoms with van der Waals surface area (Å²) in [7, 11) is 1.95. The van der Waals surface area contributed by atoms with Crippen molar-refractivity contribution in [1.82, 2.24) is 24.6 Å². The molecule has 2 aromatic heterocycles. The van der Waals surface area contributed by atoms with Crippen molar-refractivity contribution < 1.29 is 0 Å². The van der Waals surface area contributed by atoms with Gasteiger partial charge < -0.3 is 5.32 Å². The van der Waals surface area contributed by atoms with Crippen molar-refractivity contribution in [2.45, 2.75) is 32.7 Å². The highest BCUT2D eigenvalue weighted by atomic mass is 15.2. The standard InChI is InChI=1S/C25H28N6/c1-18-6-7-24-21(10-18)14-26-25(29-24)28-23-12-19(16-31-8-4-3-5-9-31)11-20(13-23)22-15-27-30(2)17-22/h6-7,10-15,17H,3-5,8-9,16H2,1-2H3,(H,26,28,29). The van der Waals surface area contributed by atoms with Gasteiger partial charge in [0.2, 0.25) is 5.95 Å². The zero-order valence-electron chi connectivity index (χ0n) is 18.2. The molecular weight excluding hydrogens is 384 g/mol. The number of aryl methyl sites for hydroxylation is 2. The molecule has 2 aromatic carbocycles. The number of nitrogens with one attached hydrogen (secondary N) is 1. The number of fused-ring (bicyclic) bond motifs is 1. The summed E-state index contributed by atoms with van der Waals surface area (Å²) in [5.74, 6) is 0.614. The van der Waals surface area contributed by atoms with Crippen molar-refractivity contribution in [2.24, 2.45) is 7.05 Å². The molecule has 158 valence electrons. The average molecular weight is 413 g/mol. The molecule has 0 spiro atoms. The van der Waals surface area contributed by atoms with Gasteiger partial charge in [0, 0.05) is 42.6 Å². The second-order valence-electron chi connectivity index (χ2n) is 8.54. The van der Waals surface area contributed by atoms with E-state index >= 15 is 0 Å². The molecule has 6 nitrogen and oxygen atoms in total. The third-order valence-corrected chi connectivity index (χ3v) is 5.88. The first-order chi connectivity index (χ1) is 15.1. The fraction of sp³-hybridized carbons (Fsp3) is 0.320. The molecule has 0 amide bonds. The Morgan fingerprint density at radius 3 is 2.65 bits per heavy atom. The van der Waals surface area contributed by atoms with Gasteiger partial charge in [-0.15, -0.1) is 0 Å². The minimum absolute atomic E-state index is 0.614. The van der Waals surface area contributed by atoms with Gasteiger partial charge in [-0.1, -0.05) is 18.1 Å². The van der Waals surface area contributed by atoms with E-state index in [1.165, 1.54) is 43.5 Å². The normalized spacial score (nSPS) is 14.8. The predicted molar refractivity (Wildman–Crippen MR) is 125 cm³/mol. The monoisotopic (exact) mass is 412 g/mol. The Hall–Kier alpha value is -3.25. The number of nitrogens with zero attached hydrogens (tertiary/aromatic N) is 5. The van der Waals surface area contributed by atoms with Crippen LogP contribution in [0.3, 0.4) is 0 Å². The van der Waals surface area contributed by atoms with Gasteiger partial charge in [-0.25, -0.2) is 9.97 Å². The fourth-order valence-corrected chi connectivity index (χ4v) is 4.31. The lowest BCUT2D eigenvalue weighted by molar-refractivity contribution is 0.221. The molecule has 1 N–H and O–H groups in total. The van der Waals surface area contributed by atoms with Crippen molar-refractivity contribution in [3.8, 4) is 11.1 Å². The molecule has 0 saturated carbocycles. The van der Waals surface area contributed by atoms with Gasteiger partial charge in [0.25, 0.3) is 0 Å². The van der Waals surface area contributed by atoms with Crippen LogP contribution in [0.4, 0.5) is 11.6 Å². The van der Waals surface area contributed by atoms with E-state index in [1.807, 2.05) is 30.2 Å². The van der Waals surface area contributed by atoms with Gasteiger partial charge >= 0.3 is 0 Å². The van der Waals surface area contributed by atoms with Crippen LogP contribution in [0.15, 0.2) is 55.0 Å². The van der Waals surface area contributed by atoms with Gasteiger partial charge in [0.15, 0.2) is 0 Å². The summed E-state index contributed by atoms with van der Waals surface area (Å²) in [6.07, 6.45) is 9.78. The van der Waals surface area contributed by atoms with E-state index in [0.717, 1.165) is 34.3 Å². The zero-order chi connectivity index (χ0) is 21.2.